The lowest BCUT2D eigenvalue weighted by Gasteiger charge is -2.40. The van der Waals surface area contributed by atoms with Crippen LogP contribution in [0.4, 0.5) is 0 Å². The molecule has 1 aliphatic carbocycles. The number of nitrogens with one attached hydrogen (secondary N) is 1. The lowest BCUT2D eigenvalue weighted by atomic mass is 9.83. The summed E-state index contributed by atoms with van der Waals surface area (Å²) in [6.07, 6.45) is 10.5. The van der Waals surface area contributed by atoms with Gasteiger partial charge in [-0.2, -0.15) is 5.10 Å². The molecule has 0 unspecified atom stereocenters. The summed E-state index contributed by atoms with van der Waals surface area (Å²) in [5, 5.41) is 7.76. The van der Waals surface area contributed by atoms with Crippen molar-refractivity contribution < 1.29 is 0 Å². The maximum atomic E-state index is 4.31. The van der Waals surface area contributed by atoms with Crippen molar-refractivity contribution in [2.45, 2.75) is 44.7 Å². The highest BCUT2D eigenvalue weighted by Gasteiger charge is 2.29. The summed E-state index contributed by atoms with van der Waals surface area (Å²) in [6.45, 7) is 5.61. The van der Waals surface area contributed by atoms with Crippen molar-refractivity contribution in [2.75, 3.05) is 26.2 Å². The Bertz CT molecular complexity index is 334. The average Bonchev–Trinajstić information content (AvgIpc) is 3.00. The molecular formula is C14H25N5. The molecule has 106 valence electrons. The van der Waals surface area contributed by atoms with Gasteiger partial charge in [0.15, 0.2) is 0 Å². The quantitative estimate of drug-likeness (QED) is 0.884. The maximum absolute atomic E-state index is 4.31. The Hall–Kier alpha value is -0.940. The van der Waals surface area contributed by atoms with E-state index in [-0.39, 0.29) is 0 Å². The first-order chi connectivity index (χ1) is 9.43. The molecule has 2 fully saturated rings. The molecule has 0 bridgehead atoms. The van der Waals surface area contributed by atoms with Gasteiger partial charge in [-0.1, -0.05) is 19.3 Å². The highest BCUT2D eigenvalue weighted by molar-refractivity contribution is 4.84. The zero-order valence-corrected chi connectivity index (χ0v) is 11.7. The Morgan fingerprint density at radius 1 is 1.16 bits per heavy atom. The summed E-state index contributed by atoms with van der Waals surface area (Å²) in [6, 6.07) is 0.643. The average molecular weight is 263 g/mol. The van der Waals surface area contributed by atoms with Gasteiger partial charge in [-0.05, 0) is 18.8 Å². The molecule has 5 nitrogen and oxygen atoms in total. The van der Waals surface area contributed by atoms with Crippen molar-refractivity contribution in [3.8, 4) is 0 Å². The predicted octanol–water partition coefficient (Wildman–Crippen LogP) is 1.13. The van der Waals surface area contributed by atoms with Crippen molar-refractivity contribution >= 4 is 0 Å². The van der Waals surface area contributed by atoms with E-state index in [0.717, 1.165) is 25.6 Å². The largest absolute Gasteiger partial charge is 0.314 e. The fourth-order valence-corrected chi connectivity index (χ4v) is 3.61. The molecule has 1 atom stereocenters. The summed E-state index contributed by atoms with van der Waals surface area (Å²) in [4.78, 5) is 6.76. The Labute approximate surface area is 115 Å². The highest BCUT2D eigenvalue weighted by atomic mass is 15.3. The zero-order chi connectivity index (χ0) is 12.9. The summed E-state index contributed by atoms with van der Waals surface area (Å²) in [5.41, 5.74) is 0. The number of hydrogen-bond acceptors (Lipinski definition) is 4. The van der Waals surface area contributed by atoms with Gasteiger partial charge in [0.2, 0.25) is 0 Å². The zero-order valence-electron chi connectivity index (χ0n) is 11.7. The minimum absolute atomic E-state index is 0.643. The molecule has 1 aliphatic heterocycles. The standard InChI is InChI=1S/C14H25N5/c1-2-4-13(5-3-1)14(10-19-12-16-11-17-19)18-8-6-15-7-9-18/h11-15H,1-10H2/t14-/m1/s1. The van der Waals surface area contributed by atoms with Crippen molar-refractivity contribution in [1.82, 2.24) is 25.0 Å². The molecular weight excluding hydrogens is 238 g/mol. The second-order valence-corrected chi connectivity index (χ2v) is 5.87. The number of hydrogen-bond donors (Lipinski definition) is 1. The Morgan fingerprint density at radius 2 is 1.95 bits per heavy atom. The van der Waals surface area contributed by atoms with Gasteiger partial charge in [-0.25, -0.2) is 4.98 Å². The van der Waals surface area contributed by atoms with E-state index in [9.17, 15) is 0 Å². The first kappa shape index (κ1) is 13.1. The lowest BCUT2D eigenvalue weighted by Crippen LogP contribution is -2.52. The first-order valence-electron chi connectivity index (χ1n) is 7.70. The van der Waals surface area contributed by atoms with Crippen LogP contribution in [0.3, 0.4) is 0 Å². The van der Waals surface area contributed by atoms with Crippen LogP contribution >= 0.6 is 0 Å². The van der Waals surface area contributed by atoms with E-state index in [2.05, 4.69) is 20.3 Å². The number of piperazine rings is 1. The molecule has 1 saturated carbocycles. The minimum atomic E-state index is 0.643. The highest BCUT2D eigenvalue weighted by Crippen LogP contribution is 2.30. The third-order valence-electron chi connectivity index (χ3n) is 4.66. The molecule has 1 saturated heterocycles. The Balaban J connectivity index is 1.69. The Kier molecular flexibility index (Phi) is 4.45. The van der Waals surface area contributed by atoms with Gasteiger partial charge in [0.25, 0.3) is 0 Å². The molecule has 19 heavy (non-hydrogen) atoms. The van der Waals surface area contributed by atoms with Crippen LogP contribution in [0, 0.1) is 5.92 Å². The van der Waals surface area contributed by atoms with Crippen LogP contribution in [-0.2, 0) is 6.54 Å². The molecule has 2 heterocycles. The molecule has 3 rings (SSSR count). The summed E-state index contributed by atoms with van der Waals surface area (Å²) in [5.74, 6) is 0.844. The summed E-state index contributed by atoms with van der Waals surface area (Å²) < 4.78 is 2.02. The van der Waals surface area contributed by atoms with Crippen molar-refractivity contribution in [1.29, 1.82) is 0 Å². The van der Waals surface area contributed by atoms with Gasteiger partial charge in [0.05, 0.1) is 6.54 Å². The van der Waals surface area contributed by atoms with Crippen LogP contribution in [0.1, 0.15) is 32.1 Å². The van der Waals surface area contributed by atoms with Crippen LogP contribution in [0.15, 0.2) is 12.7 Å². The van der Waals surface area contributed by atoms with Crippen LogP contribution in [0.25, 0.3) is 0 Å². The van der Waals surface area contributed by atoms with Crippen molar-refractivity contribution in [3.63, 3.8) is 0 Å². The van der Waals surface area contributed by atoms with Crippen LogP contribution in [0.2, 0.25) is 0 Å². The fraction of sp³-hybridized carbons (Fsp3) is 0.857. The fourth-order valence-electron chi connectivity index (χ4n) is 3.61. The van der Waals surface area contributed by atoms with Gasteiger partial charge in [0, 0.05) is 32.2 Å². The topological polar surface area (TPSA) is 46.0 Å². The third kappa shape index (κ3) is 3.34. The van der Waals surface area contributed by atoms with Gasteiger partial charge in [0.1, 0.15) is 12.7 Å². The first-order valence-corrected chi connectivity index (χ1v) is 7.70. The molecule has 0 radical (unpaired) electrons. The third-order valence-corrected chi connectivity index (χ3v) is 4.66. The van der Waals surface area contributed by atoms with Crippen LogP contribution in [0.5, 0.6) is 0 Å². The molecule has 2 aliphatic rings. The number of rotatable bonds is 4. The van der Waals surface area contributed by atoms with Crippen molar-refractivity contribution in [2.24, 2.45) is 5.92 Å². The molecule has 0 amide bonds. The van der Waals surface area contributed by atoms with E-state index >= 15 is 0 Å². The smallest absolute Gasteiger partial charge is 0.137 e. The minimum Gasteiger partial charge on any atom is -0.314 e. The van der Waals surface area contributed by atoms with Crippen LogP contribution in [-0.4, -0.2) is 51.9 Å². The van der Waals surface area contributed by atoms with Gasteiger partial charge < -0.3 is 5.32 Å². The summed E-state index contributed by atoms with van der Waals surface area (Å²) in [7, 11) is 0. The van der Waals surface area contributed by atoms with E-state index in [1.807, 2.05) is 11.0 Å². The molecule has 0 spiro atoms. The summed E-state index contributed by atoms with van der Waals surface area (Å²) >= 11 is 0. The van der Waals surface area contributed by atoms with Gasteiger partial charge >= 0.3 is 0 Å². The lowest BCUT2D eigenvalue weighted by molar-refractivity contribution is 0.0873. The van der Waals surface area contributed by atoms with Crippen molar-refractivity contribution in [3.05, 3.63) is 12.7 Å². The molecule has 1 N–H and O–H groups in total. The van der Waals surface area contributed by atoms with Gasteiger partial charge in [-0.3, -0.25) is 9.58 Å². The number of nitrogens with zero attached hydrogens (tertiary/aromatic N) is 4. The SMILES string of the molecule is c1ncn(C[C@H](C2CCCCC2)N2CCNCC2)n1. The second-order valence-electron chi connectivity index (χ2n) is 5.87. The van der Waals surface area contributed by atoms with E-state index in [1.165, 1.54) is 45.2 Å². The predicted molar refractivity (Wildman–Crippen MR) is 74.8 cm³/mol. The van der Waals surface area contributed by atoms with Gasteiger partial charge in [-0.15, -0.1) is 0 Å². The van der Waals surface area contributed by atoms with E-state index in [4.69, 9.17) is 0 Å². The molecule has 1 aromatic rings. The van der Waals surface area contributed by atoms with E-state index < -0.39 is 0 Å². The normalized spacial score (nSPS) is 24.4. The Morgan fingerprint density at radius 3 is 2.63 bits per heavy atom. The number of aromatic nitrogens is 3. The van der Waals surface area contributed by atoms with E-state index in [1.54, 1.807) is 6.33 Å². The molecule has 0 aromatic carbocycles. The van der Waals surface area contributed by atoms with E-state index in [0.29, 0.717) is 6.04 Å². The monoisotopic (exact) mass is 263 g/mol. The molecule has 5 heteroatoms. The maximum Gasteiger partial charge on any atom is 0.137 e. The molecule has 1 aromatic heterocycles. The second kappa shape index (κ2) is 6.48. The van der Waals surface area contributed by atoms with Crippen LogP contribution < -0.4 is 5.32 Å².